The Kier molecular flexibility index (Phi) is 8.12. The van der Waals surface area contributed by atoms with E-state index in [-0.39, 0.29) is 36.1 Å². The van der Waals surface area contributed by atoms with Crippen LogP contribution in [-0.2, 0) is 9.53 Å². The van der Waals surface area contributed by atoms with Crippen molar-refractivity contribution >= 4 is 17.5 Å². The summed E-state index contributed by atoms with van der Waals surface area (Å²) in [5.41, 5.74) is 9.51. The molecule has 0 fully saturated rings. The van der Waals surface area contributed by atoms with Gasteiger partial charge in [-0.05, 0) is 49.7 Å². The van der Waals surface area contributed by atoms with Gasteiger partial charge in [0.15, 0.2) is 5.82 Å². The number of aromatic amines is 1. The van der Waals surface area contributed by atoms with Gasteiger partial charge >= 0.3 is 0 Å². The average Bonchev–Trinajstić information content (AvgIpc) is 3.34. The van der Waals surface area contributed by atoms with Crippen LogP contribution in [0.4, 0.5) is 16.0 Å². The number of aryl methyl sites for hydroxylation is 1. The summed E-state index contributed by atoms with van der Waals surface area (Å²) < 4.78 is 23.6. The van der Waals surface area contributed by atoms with Crippen molar-refractivity contribution < 1.29 is 18.7 Å². The monoisotopic (exact) mass is 520 g/mol. The lowest BCUT2D eigenvalue weighted by Crippen LogP contribution is -2.39. The first-order chi connectivity index (χ1) is 18.3. The highest BCUT2D eigenvalue weighted by molar-refractivity contribution is 5.79. The van der Waals surface area contributed by atoms with E-state index < -0.39 is 0 Å². The van der Waals surface area contributed by atoms with Crippen LogP contribution in [0.2, 0.25) is 0 Å². The number of benzene rings is 1. The fourth-order valence-corrected chi connectivity index (χ4v) is 3.73. The van der Waals surface area contributed by atoms with Crippen LogP contribution in [0.15, 0.2) is 42.6 Å². The Morgan fingerprint density at radius 1 is 1.11 bits per heavy atom. The molecule has 3 heterocycles. The standard InChI is InChI=1S/C26H29FN8O3/c1-14-5-10-18(32-24(14)30-11-15(2)31-20(36)13-37-3)21-22(19-12-29-23(28)26(33-19)38-4)35-25(34-21)16-6-8-17(27)9-7-16/h5-10,12,15H,11,13H2,1-4H3,(H2,28,29)(H,30,32)(H,31,36)(H,34,35)/t15-/m0/s1. The van der Waals surface area contributed by atoms with Gasteiger partial charge < -0.3 is 30.8 Å². The average molecular weight is 521 g/mol. The molecular formula is C26H29FN8O3. The minimum Gasteiger partial charge on any atom is -0.478 e. The number of hydrogen-bond donors (Lipinski definition) is 4. The molecule has 38 heavy (non-hydrogen) atoms. The molecule has 4 rings (SSSR count). The number of anilines is 2. The number of rotatable bonds is 10. The van der Waals surface area contributed by atoms with Crippen molar-refractivity contribution in [3.63, 3.8) is 0 Å². The fourth-order valence-electron chi connectivity index (χ4n) is 3.73. The van der Waals surface area contributed by atoms with E-state index in [9.17, 15) is 9.18 Å². The quantitative estimate of drug-likeness (QED) is 0.247. The number of nitrogens with two attached hydrogens (primary N) is 1. The van der Waals surface area contributed by atoms with Crippen molar-refractivity contribution in [3.8, 4) is 40.0 Å². The number of aromatic nitrogens is 5. The minimum absolute atomic E-state index is 0.00505. The molecule has 0 saturated carbocycles. The van der Waals surface area contributed by atoms with E-state index in [1.54, 1.807) is 12.1 Å². The molecule has 0 aliphatic heterocycles. The van der Waals surface area contributed by atoms with Crippen molar-refractivity contribution in [2.75, 3.05) is 38.4 Å². The second-order valence-electron chi connectivity index (χ2n) is 8.61. The zero-order chi connectivity index (χ0) is 27.2. The van der Waals surface area contributed by atoms with Gasteiger partial charge in [-0.25, -0.2) is 24.3 Å². The normalized spacial score (nSPS) is 11.7. The van der Waals surface area contributed by atoms with Gasteiger partial charge in [0.1, 0.15) is 35.5 Å². The Balaban J connectivity index is 1.71. The summed E-state index contributed by atoms with van der Waals surface area (Å²) in [7, 11) is 2.93. The van der Waals surface area contributed by atoms with Gasteiger partial charge in [-0.2, -0.15) is 0 Å². The topological polar surface area (TPSA) is 153 Å². The molecule has 1 atom stereocenters. The largest absolute Gasteiger partial charge is 0.478 e. The third kappa shape index (κ3) is 6.03. The number of imidazole rings is 1. The molecule has 0 spiro atoms. The number of nitrogens with zero attached hydrogens (tertiary/aromatic N) is 4. The maximum absolute atomic E-state index is 13.5. The van der Waals surface area contributed by atoms with Crippen molar-refractivity contribution in [1.29, 1.82) is 0 Å². The zero-order valence-electron chi connectivity index (χ0n) is 21.5. The molecule has 0 radical (unpaired) electrons. The van der Waals surface area contributed by atoms with Gasteiger partial charge in [0.2, 0.25) is 5.91 Å². The highest BCUT2D eigenvalue weighted by Gasteiger charge is 2.20. The van der Waals surface area contributed by atoms with Crippen molar-refractivity contribution in [2.24, 2.45) is 0 Å². The van der Waals surface area contributed by atoms with Crippen LogP contribution < -0.4 is 21.1 Å². The maximum atomic E-state index is 13.5. The first-order valence-corrected chi connectivity index (χ1v) is 11.8. The number of nitrogens with one attached hydrogen (secondary N) is 3. The third-order valence-electron chi connectivity index (χ3n) is 5.64. The van der Waals surface area contributed by atoms with Crippen molar-refractivity contribution in [3.05, 3.63) is 54.0 Å². The van der Waals surface area contributed by atoms with Crippen LogP contribution in [0, 0.1) is 12.7 Å². The first kappa shape index (κ1) is 26.5. The van der Waals surface area contributed by atoms with Crippen LogP contribution in [0.3, 0.4) is 0 Å². The molecule has 5 N–H and O–H groups in total. The summed E-state index contributed by atoms with van der Waals surface area (Å²) in [6.45, 7) is 4.26. The molecular weight excluding hydrogens is 491 g/mol. The number of ether oxygens (including phenoxy) is 2. The van der Waals surface area contributed by atoms with Crippen LogP contribution >= 0.6 is 0 Å². The number of methoxy groups -OCH3 is 2. The van der Waals surface area contributed by atoms with E-state index in [0.29, 0.717) is 46.5 Å². The van der Waals surface area contributed by atoms with E-state index in [0.717, 1.165) is 5.56 Å². The summed E-state index contributed by atoms with van der Waals surface area (Å²) in [6, 6.07) is 9.61. The third-order valence-corrected chi connectivity index (χ3v) is 5.64. The van der Waals surface area contributed by atoms with E-state index >= 15 is 0 Å². The molecule has 11 nitrogen and oxygen atoms in total. The number of hydrogen-bond acceptors (Lipinski definition) is 9. The van der Waals surface area contributed by atoms with E-state index in [4.69, 9.17) is 25.2 Å². The van der Waals surface area contributed by atoms with Crippen LogP contribution in [0.1, 0.15) is 12.5 Å². The smallest absolute Gasteiger partial charge is 0.257 e. The zero-order valence-corrected chi connectivity index (χ0v) is 21.5. The Morgan fingerprint density at radius 3 is 2.58 bits per heavy atom. The van der Waals surface area contributed by atoms with Gasteiger partial charge in [0, 0.05) is 25.3 Å². The fraction of sp³-hybridized carbons (Fsp3) is 0.269. The number of H-pyrrole nitrogens is 1. The molecule has 12 heteroatoms. The lowest BCUT2D eigenvalue weighted by molar-refractivity contribution is -0.125. The molecule has 4 aromatic rings. The number of pyridine rings is 1. The highest BCUT2D eigenvalue weighted by atomic mass is 19.1. The molecule has 198 valence electrons. The lowest BCUT2D eigenvalue weighted by atomic mass is 10.1. The second-order valence-corrected chi connectivity index (χ2v) is 8.61. The van der Waals surface area contributed by atoms with Gasteiger partial charge in [-0.1, -0.05) is 6.07 Å². The Labute approximate surface area is 219 Å². The molecule has 0 aliphatic carbocycles. The number of carbonyl (C=O) groups is 1. The van der Waals surface area contributed by atoms with Gasteiger partial charge in [0.25, 0.3) is 5.88 Å². The summed E-state index contributed by atoms with van der Waals surface area (Å²) in [4.78, 5) is 33.3. The Bertz CT molecular complexity index is 1420. The van der Waals surface area contributed by atoms with Crippen LogP contribution in [0.25, 0.3) is 34.2 Å². The summed E-state index contributed by atoms with van der Waals surface area (Å²) in [5.74, 6) is 0.913. The first-order valence-electron chi connectivity index (χ1n) is 11.8. The predicted octanol–water partition coefficient (Wildman–Crippen LogP) is 3.20. The Morgan fingerprint density at radius 2 is 1.87 bits per heavy atom. The predicted molar refractivity (Wildman–Crippen MR) is 142 cm³/mol. The minimum atomic E-state index is -0.349. The molecule has 1 amide bonds. The molecule has 3 aromatic heterocycles. The number of halogens is 1. The van der Waals surface area contributed by atoms with Gasteiger partial charge in [-0.3, -0.25) is 4.79 Å². The maximum Gasteiger partial charge on any atom is 0.257 e. The molecule has 0 aliphatic rings. The molecule has 0 bridgehead atoms. The summed E-state index contributed by atoms with van der Waals surface area (Å²) in [5, 5.41) is 6.15. The van der Waals surface area contributed by atoms with Crippen LogP contribution in [-0.4, -0.2) is 64.2 Å². The van der Waals surface area contributed by atoms with E-state index in [1.807, 2.05) is 26.0 Å². The van der Waals surface area contributed by atoms with Gasteiger partial charge in [-0.15, -0.1) is 0 Å². The number of carbonyl (C=O) groups excluding carboxylic acids is 1. The summed E-state index contributed by atoms with van der Waals surface area (Å²) in [6.07, 6.45) is 1.50. The van der Waals surface area contributed by atoms with Crippen molar-refractivity contribution in [2.45, 2.75) is 19.9 Å². The van der Waals surface area contributed by atoms with E-state index in [2.05, 4.69) is 25.6 Å². The van der Waals surface area contributed by atoms with Crippen LogP contribution in [0.5, 0.6) is 5.88 Å². The highest BCUT2D eigenvalue weighted by Crippen LogP contribution is 2.33. The second kappa shape index (κ2) is 11.6. The number of nitrogen functional groups attached to an aromatic ring is 1. The van der Waals surface area contributed by atoms with Crippen molar-refractivity contribution in [1.82, 2.24) is 30.2 Å². The van der Waals surface area contributed by atoms with E-state index in [1.165, 1.54) is 32.5 Å². The van der Waals surface area contributed by atoms with Gasteiger partial charge in [0.05, 0.1) is 24.7 Å². The lowest BCUT2D eigenvalue weighted by Gasteiger charge is -2.16. The SMILES string of the molecule is COCC(=O)N[C@@H](C)CNc1nc(-c2[nH]c(-c3ccc(F)cc3)nc2-c2cnc(N)c(OC)n2)ccc1C. The summed E-state index contributed by atoms with van der Waals surface area (Å²) >= 11 is 0. The molecule has 0 unspecified atom stereocenters. The Hall–Kier alpha value is -4.58. The molecule has 0 saturated heterocycles. The molecule has 1 aromatic carbocycles. The number of amides is 1.